The summed E-state index contributed by atoms with van der Waals surface area (Å²) in [6.45, 7) is 9.93. The van der Waals surface area contributed by atoms with Crippen molar-refractivity contribution in [2.75, 3.05) is 59.7 Å². The molecule has 0 spiro atoms. The number of amides is 1. The lowest BCUT2D eigenvalue weighted by Crippen LogP contribution is -2.57. The van der Waals surface area contributed by atoms with Gasteiger partial charge in [0.05, 0.1) is 25.9 Å². The topological polar surface area (TPSA) is 101 Å². The van der Waals surface area contributed by atoms with Crippen molar-refractivity contribution in [2.45, 2.75) is 51.4 Å². The zero-order valence-corrected chi connectivity index (χ0v) is 22.3. The monoisotopic (exact) mass is 512 g/mol. The Kier molecular flexibility index (Phi) is 10.0. The number of carbonyl (C=O) groups excluding carboxylic acids is 1. The summed E-state index contributed by atoms with van der Waals surface area (Å²) >= 11 is 0. The Bertz CT molecular complexity index is 978. The molecule has 4 rings (SSSR count). The lowest BCUT2D eigenvalue weighted by atomic mass is 9.99. The molecule has 10 heteroatoms. The SMILES string of the molecule is CCCOCCN1C(=O)C(NCCN2CCC[C@H](OCC)C2)=NC2N=CC(c3ccc(OC)nc3)=CC21. The number of ether oxygens (including phenoxy) is 3. The molecule has 1 aromatic heterocycles. The van der Waals surface area contributed by atoms with Crippen LogP contribution in [-0.2, 0) is 14.3 Å². The van der Waals surface area contributed by atoms with Crippen LogP contribution in [0.25, 0.3) is 5.57 Å². The van der Waals surface area contributed by atoms with Gasteiger partial charge >= 0.3 is 0 Å². The van der Waals surface area contributed by atoms with E-state index in [0.717, 1.165) is 56.6 Å². The van der Waals surface area contributed by atoms with Gasteiger partial charge < -0.3 is 24.4 Å². The zero-order chi connectivity index (χ0) is 26.0. The number of aromatic nitrogens is 1. The molecule has 202 valence electrons. The first-order valence-corrected chi connectivity index (χ1v) is 13.4. The molecule has 2 unspecified atom stereocenters. The van der Waals surface area contributed by atoms with Gasteiger partial charge in [0.25, 0.3) is 5.91 Å². The minimum Gasteiger partial charge on any atom is -0.481 e. The van der Waals surface area contributed by atoms with Crippen LogP contribution in [-0.4, -0.2) is 111 Å². The summed E-state index contributed by atoms with van der Waals surface area (Å²) in [6.07, 6.45) is 8.71. The molecule has 1 fully saturated rings. The lowest BCUT2D eigenvalue weighted by molar-refractivity contribution is -0.127. The third kappa shape index (κ3) is 7.15. The molecule has 4 heterocycles. The van der Waals surface area contributed by atoms with E-state index in [2.05, 4.69) is 28.2 Å². The highest BCUT2D eigenvalue weighted by atomic mass is 16.5. The molecule has 0 bridgehead atoms. The van der Waals surface area contributed by atoms with Crippen LogP contribution in [0.15, 0.2) is 34.4 Å². The molecule has 0 radical (unpaired) electrons. The number of nitrogens with zero attached hydrogens (tertiary/aromatic N) is 5. The first kappa shape index (κ1) is 27.2. The quantitative estimate of drug-likeness (QED) is 0.428. The summed E-state index contributed by atoms with van der Waals surface area (Å²) in [7, 11) is 1.59. The van der Waals surface area contributed by atoms with Crippen molar-refractivity contribution in [3.8, 4) is 5.88 Å². The smallest absolute Gasteiger partial charge is 0.289 e. The second kappa shape index (κ2) is 13.6. The summed E-state index contributed by atoms with van der Waals surface area (Å²) in [5.41, 5.74) is 1.82. The molecular weight excluding hydrogens is 472 g/mol. The number of amidine groups is 1. The number of methoxy groups -OCH3 is 1. The number of aliphatic imine (C=N–C) groups is 2. The number of nitrogens with one attached hydrogen (secondary N) is 1. The Morgan fingerprint density at radius 1 is 1.19 bits per heavy atom. The van der Waals surface area contributed by atoms with E-state index in [1.807, 2.05) is 30.2 Å². The highest BCUT2D eigenvalue weighted by Crippen LogP contribution is 2.26. The molecule has 3 aliphatic heterocycles. The maximum absolute atomic E-state index is 13.5. The second-order valence-corrected chi connectivity index (χ2v) is 9.43. The lowest BCUT2D eigenvalue weighted by Gasteiger charge is -2.38. The van der Waals surface area contributed by atoms with E-state index in [1.165, 1.54) is 0 Å². The Balaban J connectivity index is 1.44. The van der Waals surface area contributed by atoms with Crippen LogP contribution in [0, 0.1) is 0 Å². The summed E-state index contributed by atoms with van der Waals surface area (Å²) in [6, 6.07) is 3.48. The molecular formula is C27H40N6O4. The van der Waals surface area contributed by atoms with Crippen molar-refractivity contribution in [3.05, 3.63) is 30.0 Å². The van der Waals surface area contributed by atoms with E-state index < -0.39 is 6.17 Å². The van der Waals surface area contributed by atoms with E-state index in [-0.39, 0.29) is 11.9 Å². The van der Waals surface area contributed by atoms with E-state index in [0.29, 0.717) is 44.1 Å². The second-order valence-electron chi connectivity index (χ2n) is 9.43. The molecule has 0 aromatic carbocycles. The molecule has 1 N–H and O–H groups in total. The highest BCUT2D eigenvalue weighted by Gasteiger charge is 2.38. The minimum atomic E-state index is -0.390. The van der Waals surface area contributed by atoms with Crippen molar-refractivity contribution in [3.63, 3.8) is 0 Å². The fourth-order valence-corrected chi connectivity index (χ4v) is 4.92. The molecule has 10 nitrogen and oxygen atoms in total. The number of hydrogen-bond donors (Lipinski definition) is 1. The van der Waals surface area contributed by atoms with Crippen LogP contribution in [0.4, 0.5) is 0 Å². The number of carbonyl (C=O) groups is 1. The van der Waals surface area contributed by atoms with Crippen LogP contribution in [0.3, 0.4) is 0 Å². The van der Waals surface area contributed by atoms with Gasteiger partial charge in [0.1, 0.15) is 0 Å². The zero-order valence-electron chi connectivity index (χ0n) is 22.3. The van der Waals surface area contributed by atoms with Crippen LogP contribution < -0.4 is 10.1 Å². The molecule has 1 amide bonds. The standard InChI is InChI=1S/C27H40N6O4/c1-4-14-36-15-13-33-23-16-21(20-8-9-24(35-3)29-17-20)18-30-25(23)31-26(27(33)34)28-10-12-32-11-6-7-22(19-32)37-5-2/h8-9,16-18,22-23,25H,4-7,10-15,19H2,1-3H3,(H,28,31)/t22-,23?,25?/m0/s1. The van der Waals surface area contributed by atoms with Gasteiger partial charge in [-0.1, -0.05) is 6.92 Å². The van der Waals surface area contributed by atoms with Crippen molar-refractivity contribution >= 4 is 23.5 Å². The van der Waals surface area contributed by atoms with Gasteiger partial charge in [0.2, 0.25) is 5.88 Å². The van der Waals surface area contributed by atoms with E-state index >= 15 is 0 Å². The van der Waals surface area contributed by atoms with Crippen molar-refractivity contribution < 1.29 is 19.0 Å². The van der Waals surface area contributed by atoms with Crippen LogP contribution in [0.2, 0.25) is 0 Å². The number of allylic oxidation sites excluding steroid dienone is 1. The van der Waals surface area contributed by atoms with E-state index in [4.69, 9.17) is 24.2 Å². The number of rotatable bonds is 12. The normalized spacial score (nSPS) is 23.9. The predicted octanol–water partition coefficient (Wildman–Crippen LogP) is 2.01. The first-order valence-electron chi connectivity index (χ1n) is 13.4. The van der Waals surface area contributed by atoms with Crippen LogP contribution in [0.5, 0.6) is 5.88 Å². The van der Waals surface area contributed by atoms with Gasteiger partial charge in [-0.15, -0.1) is 0 Å². The van der Waals surface area contributed by atoms with Gasteiger partial charge in [-0.05, 0) is 50.4 Å². The van der Waals surface area contributed by atoms with Crippen molar-refractivity contribution in [2.24, 2.45) is 9.98 Å². The van der Waals surface area contributed by atoms with Crippen molar-refractivity contribution in [1.82, 2.24) is 20.1 Å². The number of pyridine rings is 1. The third-order valence-corrected chi connectivity index (χ3v) is 6.80. The molecule has 3 aliphatic rings. The van der Waals surface area contributed by atoms with Gasteiger partial charge in [-0.2, -0.15) is 0 Å². The number of hydrogen-bond acceptors (Lipinski definition) is 9. The average molecular weight is 513 g/mol. The third-order valence-electron chi connectivity index (χ3n) is 6.80. The van der Waals surface area contributed by atoms with Gasteiger partial charge in [-0.25, -0.2) is 9.98 Å². The van der Waals surface area contributed by atoms with E-state index in [9.17, 15) is 4.79 Å². The molecule has 3 atom stereocenters. The Hall–Kier alpha value is -2.82. The number of piperidine rings is 1. The molecule has 1 saturated heterocycles. The van der Waals surface area contributed by atoms with E-state index in [1.54, 1.807) is 13.3 Å². The minimum absolute atomic E-state index is 0.118. The molecule has 0 saturated carbocycles. The Labute approximate surface area is 219 Å². The summed E-state index contributed by atoms with van der Waals surface area (Å²) < 4.78 is 16.7. The highest BCUT2D eigenvalue weighted by molar-refractivity contribution is 6.38. The molecule has 0 aliphatic carbocycles. The number of dihydropyridines is 1. The summed E-state index contributed by atoms with van der Waals surface area (Å²) in [5.74, 6) is 0.804. The molecule has 1 aromatic rings. The number of likely N-dealkylation sites (tertiary alicyclic amines) is 1. The fourth-order valence-electron chi connectivity index (χ4n) is 4.92. The maximum Gasteiger partial charge on any atom is 0.289 e. The summed E-state index contributed by atoms with van der Waals surface area (Å²) in [5, 5.41) is 3.30. The van der Waals surface area contributed by atoms with Crippen LogP contribution in [0.1, 0.15) is 38.7 Å². The van der Waals surface area contributed by atoms with Gasteiger partial charge in [0.15, 0.2) is 12.0 Å². The Morgan fingerprint density at radius 3 is 2.84 bits per heavy atom. The summed E-state index contributed by atoms with van der Waals surface area (Å²) in [4.78, 5) is 31.5. The number of fused-ring (bicyclic) bond motifs is 1. The first-order chi connectivity index (χ1) is 18.1. The van der Waals surface area contributed by atoms with Gasteiger partial charge in [-0.3, -0.25) is 14.7 Å². The maximum atomic E-state index is 13.5. The van der Waals surface area contributed by atoms with Crippen molar-refractivity contribution in [1.29, 1.82) is 0 Å². The van der Waals surface area contributed by atoms with Gasteiger partial charge in [0, 0.05) is 63.4 Å². The predicted molar refractivity (Wildman–Crippen MR) is 144 cm³/mol. The largest absolute Gasteiger partial charge is 0.481 e. The Morgan fingerprint density at radius 2 is 2.08 bits per heavy atom. The molecule has 37 heavy (non-hydrogen) atoms. The fraction of sp³-hybridized carbons (Fsp3) is 0.630. The van der Waals surface area contributed by atoms with Crippen LogP contribution >= 0.6 is 0 Å². The average Bonchev–Trinajstić information content (AvgIpc) is 2.93.